The molecule has 0 bridgehead atoms. The Kier molecular flexibility index (Phi) is 4.64. The lowest BCUT2D eigenvalue weighted by molar-refractivity contribution is 0.0601. The average molecular weight is 290 g/mol. The maximum Gasteiger partial charge on any atom is 0.337 e. The highest BCUT2D eigenvalue weighted by Crippen LogP contribution is 2.24. The highest BCUT2D eigenvalue weighted by atomic mass is 35.5. The molecule has 0 heterocycles. The number of benzene rings is 2. The summed E-state index contributed by atoms with van der Waals surface area (Å²) in [5.41, 5.74) is 3.56. The van der Waals surface area contributed by atoms with Crippen molar-refractivity contribution in [1.29, 1.82) is 0 Å². The standard InChI is InChI=1S/C16H16ClNO2/c1-11-3-5-12(6-4-11)10-18-15-9-13(16(19)20-2)7-8-14(15)17/h3-9,18H,10H2,1-2H3. The molecular weight excluding hydrogens is 274 g/mol. The Morgan fingerprint density at radius 3 is 2.55 bits per heavy atom. The van der Waals surface area contributed by atoms with Crippen LogP contribution in [0.25, 0.3) is 0 Å². The molecule has 4 heteroatoms. The van der Waals surface area contributed by atoms with Crippen LogP contribution in [-0.4, -0.2) is 13.1 Å². The molecule has 0 aliphatic heterocycles. The summed E-state index contributed by atoms with van der Waals surface area (Å²) in [6.07, 6.45) is 0. The molecule has 2 rings (SSSR count). The molecule has 0 aromatic heterocycles. The number of nitrogens with one attached hydrogen (secondary N) is 1. The van der Waals surface area contributed by atoms with Crippen LogP contribution in [0.2, 0.25) is 5.02 Å². The zero-order valence-corrected chi connectivity index (χ0v) is 12.2. The maximum atomic E-state index is 11.5. The quantitative estimate of drug-likeness (QED) is 0.863. The molecule has 0 aliphatic carbocycles. The highest BCUT2D eigenvalue weighted by molar-refractivity contribution is 6.33. The number of ether oxygens (including phenoxy) is 1. The third kappa shape index (κ3) is 3.52. The van der Waals surface area contributed by atoms with Gasteiger partial charge in [-0.3, -0.25) is 0 Å². The summed E-state index contributed by atoms with van der Waals surface area (Å²) in [6, 6.07) is 13.3. The van der Waals surface area contributed by atoms with Gasteiger partial charge >= 0.3 is 5.97 Å². The van der Waals surface area contributed by atoms with Crippen LogP contribution in [0.3, 0.4) is 0 Å². The van der Waals surface area contributed by atoms with Crippen molar-refractivity contribution >= 4 is 23.3 Å². The van der Waals surface area contributed by atoms with E-state index in [1.807, 2.05) is 6.92 Å². The van der Waals surface area contributed by atoms with Gasteiger partial charge in [0.15, 0.2) is 0 Å². The average Bonchev–Trinajstić information content (AvgIpc) is 2.47. The van der Waals surface area contributed by atoms with E-state index in [9.17, 15) is 4.79 Å². The molecule has 0 aliphatic rings. The van der Waals surface area contributed by atoms with Gasteiger partial charge in [0.2, 0.25) is 0 Å². The number of esters is 1. The van der Waals surface area contributed by atoms with Crippen LogP contribution < -0.4 is 5.32 Å². The van der Waals surface area contributed by atoms with Crippen LogP contribution in [-0.2, 0) is 11.3 Å². The zero-order valence-electron chi connectivity index (χ0n) is 11.4. The number of carbonyl (C=O) groups is 1. The summed E-state index contributed by atoms with van der Waals surface area (Å²) in [4.78, 5) is 11.5. The van der Waals surface area contributed by atoms with Gasteiger partial charge in [-0.1, -0.05) is 41.4 Å². The minimum Gasteiger partial charge on any atom is -0.465 e. The van der Waals surface area contributed by atoms with E-state index in [1.165, 1.54) is 12.7 Å². The normalized spacial score (nSPS) is 10.2. The first-order chi connectivity index (χ1) is 9.60. The molecule has 104 valence electrons. The molecule has 0 saturated heterocycles. The predicted molar refractivity (Wildman–Crippen MR) is 81.3 cm³/mol. The lowest BCUT2D eigenvalue weighted by atomic mass is 10.1. The van der Waals surface area contributed by atoms with Crippen LogP contribution in [0, 0.1) is 6.92 Å². The summed E-state index contributed by atoms with van der Waals surface area (Å²) in [7, 11) is 1.36. The lowest BCUT2D eigenvalue weighted by Crippen LogP contribution is -2.04. The SMILES string of the molecule is COC(=O)c1ccc(Cl)c(NCc2ccc(C)cc2)c1. The second-order valence-electron chi connectivity index (χ2n) is 4.53. The van der Waals surface area contributed by atoms with E-state index >= 15 is 0 Å². The van der Waals surface area contributed by atoms with Gasteiger partial charge in [0, 0.05) is 6.54 Å². The van der Waals surface area contributed by atoms with E-state index in [1.54, 1.807) is 18.2 Å². The van der Waals surface area contributed by atoms with E-state index in [4.69, 9.17) is 16.3 Å². The van der Waals surface area contributed by atoms with Gasteiger partial charge in [0.1, 0.15) is 0 Å². The summed E-state index contributed by atoms with van der Waals surface area (Å²) >= 11 is 6.12. The number of methoxy groups -OCH3 is 1. The summed E-state index contributed by atoms with van der Waals surface area (Å²) < 4.78 is 4.70. The number of halogens is 1. The molecule has 0 unspecified atom stereocenters. The Balaban J connectivity index is 2.12. The monoisotopic (exact) mass is 289 g/mol. The van der Waals surface area contributed by atoms with E-state index in [0.29, 0.717) is 17.1 Å². The van der Waals surface area contributed by atoms with Gasteiger partial charge in [-0.2, -0.15) is 0 Å². The van der Waals surface area contributed by atoms with Gasteiger partial charge < -0.3 is 10.1 Å². The number of aryl methyl sites for hydroxylation is 1. The minimum absolute atomic E-state index is 0.375. The number of carbonyl (C=O) groups excluding carboxylic acids is 1. The molecule has 0 radical (unpaired) electrons. The summed E-state index contributed by atoms with van der Waals surface area (Å²) in [5, 5.41) is 3.80. The lowest BCUT2D eigenvalue weighted by Gasteiger charge is -2.10. The molecular formula is C16H16ClNO2. The van der Waals surface area contributed by atoms with Crippen LogP contribution in [0.4, 0.5) is 5.69 Å². The van der Waals surface area contributed by atoms with Gasteiger partial charge in [-0.25, -0.2) is 4.79 Å². The van der Waals surface area contributed by atoms with Gasteiger partial charge in [0.05, 0.1) is 23.4 Å². The fraction of sp³-hybridized carbons (Fsp3) is 0.188. The molecule has 2 aromatic rings. The van der Waals surface area contributed by atoms with E-state index in [0.717, 1.165) is 11.3 Å². The second-order valence-corrected chi connectivity index (χ2v) is 4.93. The van der Waals surface area contributed by atoms with Crippen molar-refractivity contribution in [2.45, 2.75) is 13.5 Å². The first-order valence-electron chi connectivity index (χ1n) is 6.27. The van der Waals surface area contributed by atoms with Crippen LogP contribution >= 0.6 is 11.6 Å². The molecule has 0 spiro atoms. The number of rotatable bonds is 4. The van der Waals surface area contributed by atoms with Crippen molar-refractivity contribution in [2.24, 2.45) is 0 Å². The fourth-order valence-corrected chi connectivity index (χ4v) is 1.99. The van der Waals surface area contributed by atoms with Gasteiger partial charge in [-0.05, 0) is 30.7 Å². The molecule has 0 atom stereocenters. The summed E-state index contributed by atoms with van der Waals surface area (Å²) in [5.74, 6) is -0.375. The molecule has 0 saturated carbocycles. The Morgan fingerprint density at radius 1 is 1.20 bits per heavy atom. The fourth-order valence-electron chi connectivity index (χ4n) is 1.81. The second kappa shape index (κ2) is 6.44. The van der Waals surface area contributed by atoms with Crippen molar-refractivity contribution < 1.29 is 9.53 Å². The first-order valence-corrected chi connectivity index (χ1v) is 6.65. The van der Waals surface area contributed by atoms with Crippen molar-refractivity contribution in [1.82, 2.24) is 0 Å². The highest BCUT2D eigenvalue weighted by Gasteiger charge is 2.08. The third-order valence-electron chi connectivity index (χ3n) is 2.99. The number of anilines is 1. The van der Waals surface area contributed by atoms with Crippen LogP contribution in [0.5, 0.6) is 0 Å². The maximum absolute atomic E-state index is 11.5. The van der Waals surface area contributed by atoms with Crippen molar-refractivity contribution in [2.75, 3.05) is 12.4 Å². The molecule has 0 fully saturated rings. The van der Waals surface area contributed by atoms with Crippen molar-refractivity contribution in [3.8, 4) is 0 Å². The molecule has 20 heavy (non-hydrogen) atoms. The molecule has 1 N–H and O–H groups in total. The Hall–Kier alpha value is -2.00. The van der Waals surface area contributed by atoms with E-state index in [-0.39, 0.29) is 5.97 Å². The van der Waals surface area contributed by atoms with Crippen LogP contribution in [0.1, 0.15) is 21.5 Å². The smallest absolute Gasteiger partial charge is 0.337 e. The number of hydrogen-bond acceptors (Lipinski definition) is 3. The molecule has 3 nitrogen and oxygen atoms in total. The minimum atomic E-state index is -0.375. The van der Waals surface area contributed by atoms with E-state index in [2.05, 4.69) is 29.6 Å². The van der Waals surface area contributed by atoms with Crippen molar-refractivity contribution in [3.63, 3.8) is 0 Å². The third-order valence-corrected chi connectivity index (χ3v) is 3.32. The largest absolute Gasteiger partial charge is 0.465 e. The zero-order chi connectivity index (χ0) is 14.5. The molecule has 2 aromatic carbocycles. The topological polar surface area (TPSA) is 38.3 Å². The first kappa shape index (κ1) is 14.4. The van der Waals surface area contributed by atoms with Crippen LogP contribution in [0.15, 0.2) is 42.5 Å². The Labute approximate surface area is 123 Å². The number of hydrogen-bond donors (Lipinski definition) is 1. The van der Waals surface area contributed by atoms with Gasteiger partial charge in [-0.15, -0.1) is 0 Å². The predicted octanol–water partition coefficient (Wildman–Crippen LogP) is 4.05. The van der Waals surface area contributed by atoms with E-state index < -0.39 is 0 Å². The van der Waals surface area contributed by atoms with Gasteiger partial charge in [0.25, 0.3) is 0 Å². The Morgan fingerprint density at radius 2 is 1.90 bits per heavy atom. The Bertz CT molecular complexity index is 608. The molecule has 0 amide bonds. The van der Waals surface area contributed by atoms with Crippen molar-refractivity contribution in [3.05, 3.63) is 64.2 Å². The summed E-state index contributed by atoms with van der Waals surface area (Å²) in [6.45, 7) is 2.69.